The van der Waals surface area contributed by atoms with Crippen molar-refractivity contribution < 1.29 is 27.5 Å². The number of benzene rings is 1. The Morgan fingerprint density at radius 1 is 1.29 bits per heavy atom. The van der Waals surface area contributed by atoms with Gasteiger partial charge in [0.05, 0.1) is 10.6 Å². The van der Waals surface area contributed by atoms with Gasteiger partial charge in [-0.3, -0.25) is 0 Å². The quantitative estimate of drug-likeness (QED) is 0.833. The van der Waals surface area contributed by atoms with E-state index in [9.17, 15) is 22.4 Å². The summed E-state index contributed by atoms with van der Waals surface area (Å²) in [6.45, 7) is 0.538. The van der Waals surface area contributed by atoms with Crippen LogP contribution in [0.15, 0.2) is 18.2 Å². The highest BCUT2D eigenvalue weighted by molar-refractivity contribution is 6.31. The van der Waals surface area contributed by atoms with E-state index in [0.29, 0.717) is 6.92 Å². The molecule has 0 aliphatic carbocycles. The highest BCUT2D eigenvalue weighted by atomic mass is 35.5. The van der Waals surface area contributed by atoms with Crippen LogP contribution in [0.4, 0.5) is 17.6 Å². The van der Waals surface area contributed by atoms with Gasteiger partial charge in [-0.2, -0.15) is 13.2 Å². The summed E-state index contributed by atoms with van der Waals surface area (Å²) in [5, 5.41) is 7.85. The minimum absolute atomic E-state index is 0.538. The summed E-state index contributed by atoms with van der Waals surface area (Å²) in [5.74, 6) is -2.01. The van der Waals surface area contributed by atoms with Gasteiger partial charge in [0.15, 0.2) is 0 Å². The summed E-state index contributed by atoms with van der Waals surface area (Å²) in [4.78, 5) is 10.6. The zero-order valence-electron chi connectivity index (χ0n) is 8.48. The van der Waals surface area contributed by atoms with Crippen molar-refractivity contribution in [2.45, 2.75) is 18.8 Å². The van der Waals surface area contributed by atoms with E-state index in [1.807, 2.05) is 0 Å². The fourth-order valence-corrected chi connectivity index (χ4v) is 1.60. The van der Waals surface area contributed by atoms with Gasteiger partial charge in [0.25, 0.3) is 0 Å². The fourth-order valence-electron chi connectivity index (χ4n) is 1.32. The zero-order valence-corrected chi connectivity index (χ0v) is 9.23. The number of halogens is 5. The molecule has 94 valence electrons. The smallest absolute Gasteiger partial charge is 0.418 e. The van der Waals surface area contributed by atoms with E-state index in [-0.39, 0.29) is 0 Å². The molecule has 17 heavy (non-hydrogen) atoms. The molecule has 1 N–H and O–H groups in total. The highest BCUT2D eigenvalue weighted by Crippen LogP contribution is 2.42. The minimum atomic E-state index is -4.92. The molecule has 0 heterocycles. The number of carbonyl (C=O) groups is 1. The Morgan fingerprint density at radius 2 is 1.82 bits per heavy atom. The predicted octanol–water partition coefficient (Wildman–Crippen LogP) is 3.63. The molecule has 0 fully saturated rings. The number of hydrogen-bond acceptors (Lipinski definition) is 1. The molecule has 0 saturated carbocycles. The van der Waals surface area contributed by atoms with Crippen LogP contribution in [0.3, 0.4) is 0 Å². The van der Waals surface area contributed by atoms with Crippen LogP contribution in [-0.2, 0) is 16.6 Å². The number of carboxylic acid groups (broad SMARTS) is 1. The van der Waals surface area contributed by atoms with Crippen LogP contribution in [0.1, 0.15) is 18.1 Å². The summed E-state index contributed by atoms with van der Waals surface area (Å²) >= 11 is 5.35. The molecule has 1 atom stereocenters. The van der Waals surface area contributed by atoms with E-state index in [1.165, 1.54) is 0 Å². The molecule has 1 rings (SSSR count). The minimum Gasteiger partial charge on any atom is -0.479 e. The van der Waals surface area contributed by atoms with Gasteiger partial charge in [-0.05, 0) is 13.0 Å². The average molecular weight is 271 g/mol. The first-order chi connectivity index (χ1) is 7.58. The SMILES string of the molecule is CC(F)(C(=O)O)c1cccc(Cl)c1C(F)(F)F. The molecule has 0 spiro atoms. The standard InChI is InChI=1S/C10H7ClF4O2/c1-9(12,8(16)17)5-3-2-4-6(11)7(5)10(13,14)15/h2-4H,1H3,(H,16,17). The van der Waals surface area contributed by atoms with Crippen LogP contribution >= 0.6 is 11.6 Å². The van der Waals surface area contributed by atoms with Crippen LogP contribution in [0.5, 0.6) is 0 Å². The molecular formula is C10H7ClF4O2. The third-order valence-corrected chi connectivity index (χ3v) is 2.52. The van der Waals surface area contributed by atoms with E-state index in [2.05, 4.69) is 0 Å². The Bertz CT molecular complexity index is 454. The van der Waals surface area contributed by atoms with Gasteiger partial charge in [0.1, 0.15) is 0 Å². The second-order valence-corrected chi connectivity index (χ2v) is 3.88. The number of alkyl halides is 4. The molecule has 1 aromatic carbocycles. The molecule has 0 bridgehead atoms. The summed E-state index contributed by atoms with van der Waals surface area (Å²) in [5.41, 5.74) is -5.63. The Hall–Kier alpha value is -1.30. The van der Waals surface area contributed by atoms with Crippen molar-refractivity contribution in [2.75, 3.05) is 0 Å². The molecule has 0 aromatic heterocycles. The van der Waals surface area contributed by atoms with Crippen LogP contribution in [0, 0.1) is 0 Å². The third-order valence-electron chi connectivity index (χ3n) is 2.20. The lowest BCUT2D eigenvalue weighted by Gasteiger charge is -2.21. The Balaban J connectivity index is 3.56. The lowest BCUT2D eigenvalue weighted by Crippen LogP contribution is -2.30. The number of hydrogen-bond donors (Lipinski definition) is 1. The Labute approximate surface area is 98.8 Å². The second kappa shape index (κ2) is 4.18. The summed E-state index contributed by atoms with van der Waals surface area (Å²) in [6, 6.07) is 2.74. The molecule has 0 amide bonds. The lowest BCUT2D eigenvalue weighted by atomic mass is 9.92. The van der Waals surface area contributed by atoms with Crippen LogP contribution < -0.4 is 0 Å². The molecule has 0 aliphatic heterocycles. The van der Waals surface area contributed by atoms with Crippen LogP contribution in [-0.4, -0.2) is 11.1 Å². The van der Waals surface area contributed by atoms with Crippen molar-refractivity contribution >= 4 is 17.6 Å². The normalized spacial score (nSPS) is 15.4. The monoisotopic (exact) mass is 270 g/mol. The van der Waals surface area contributed by atoms with Crippen molar-refractivity contribution in [1.82, 2.24) is 0 Å². The maximum absolute atomic E-state index is 13.8. The third kappa shape index (κ3) is 2.52. The van der Waals surface area contributed by atoms with Crippen molar-refractivity contribution in [3.8, 4) is 0 Å². The summed E-state index contributed by atoms with van der Waals surface area (Å²) in [6.07, 6.45) is -4.92. The first kappa shape index (κ1) is 13.8. The molecular weight excluding hydrogens is 264 g/mol. The van der Waals surface area contributed by atoms with Crippen molar-refractivity contribution in [2.24, 2.45) is 0 Å². The molecule has 7 heteroatoms. The largest absolute Gasteiger partial charge is 0.479 e. The fraction of sp³-hybridized carbons (Fsp3) is 0.300. The van der Waals surface area contributed by atoms with Gasteiger partial charge in [0.2, 0.25) is 5.67 Å². The van der Waals surface area contributed by atoms with Gasteiger partial charge in [0, 0.05) is 5.56 Å². The van der Waals surface area contributed by atoms with Gasteiger partial charge in [-0.15, -0.1) is 0 Å². The maximum Gasteiger partial charge on any atom is 0.418 e. The first-order valence-electron chi connectivity index (χ1n) is 4.37. The van der Waals surface area contributed by atoms with Gasteiger partial charge in [-0.1, -0.05) is 23.7 Å². The average Bonchev–Trinajstić information content (AvgIpc) is 2.14. The summed E-state index contributed by atoms with van der Waals surface area (Å²) < 4.78 is 51.7. The molecule has 1 aromatic rings. The van der Waals surface area contributed by atoms with E-state index < -0.39 is 34.0 Å². The molecule has 0 radical (unpaired) electrons. The lowest BCUT2D eigenvalue weighted by molar-refractivity contribution is -0.152. The van der Waals surface area contributed by atoms with Gasteiger partial charge < -0.3 is 5.11 Å². The summed E-state index contributed by atoms with van der Waals surface area (Å²) in [7, 11) is 0. The topological polar surface area (TPSA) is 37.3 Å². The van der Waals surface area contributed by atoms with Crippen molar-refractivity contribution in [3.63, 3.8) is 0 Å². The predicted molar refractivity (Wildman–Crippen MR) is 52.5 cm³/mol. The van der Waals surface area contributed by atoms with E-state index >= 15 is 0 Å². The highest BCUT2D eigenvalue weighted by Gasteiger charge is 2.45. The Kier molecular flexibility index (Phi) is 3.38. The molecule has 0 saturated heterocycles. The molecule has 1 unspecified atom stereocenters. The van der Waals surface area contributed by atoms with E-state index in [0.717, 1.165) is 18.2 Å². The second-order valence-electron chi connectivity index (χ2n) is 3.47. The van der Waals surface area contributed by atoms with Crippen LogP contribution in [0.25, 0.3) is 0 Å². The number of aliphatic carboxylic acids is 1. The molecule has 0 aliphatic rings. The molecule has 2 nitrogen and oxygen atoms in total. The van der Waals surface area contributed by atoms with Crippen molar-refractivity contribution in [3.05, 3.63) is 34.3 Å². The van der Waals surface area contributed by atoms with Gasteiger partial charge >= 0.3 is 12.1 Å². The maximum atomic E-state index is 13.8. The zero-order chi connectivity index (χ0) is 13.4. The van der Waals surface area contributed by atoms with Gasteiger partial charge in [-0.25, -0.2) is 9.18 Å². The van der Waals surface area contributed by atoms with E-state index in [4.69, 9.17) is 16.7 Å². The number of carboxylic acids is 1. The first-order valence-corrected chi connectivity index (χ1v) is 4.74. The van der Waals surface area contributed by atoms with E-state index in [1.54, 1.807) is 0 Å². The van der Waals surface area contributed by atoms with Crippen LogP contribution in [0.2, 0.25) is 5.02 Å². The van der Waals surface area contributed by atoms with Crippen molar-refractivity contribution in [1.29, 1.82) is 0 Å². The number of rotatable bonds is 2. The Morgan fingerprint density at radius 3 is 2.24 bits per heavy atom.